The number of benzene rings is 2. The Kier molecular flexibility index (Phi) is 4.66. The summed E-state index contributed by atoms with van der Waals surface area (Å²) in [5.41, 5.74) is 1.82. The first-order valence-corrected chi connectivity index (χ1v) is 6.36. The topological polar surface area (TPSA) is 56.8 Å². The average molecular weight is 287 g/mol. The molecule has 2 aromatic rings. The number of ether oxygens (including phenoxy) is 3. The molecule has 5 nitrogen and oxygen atoms in total. The van der Waals surface area contributed by atoms with Gasteiger partial charge in [0.1, 0.15) is 0 Å². The van der Waals surface area contributed by atoms with Crippen LogP contribution in [0, 0.1) is 0 Å². The standard InChI is InChI=1S/C16H17NO4/c1-19-14-9-12(16(18)21-3)13(10-15(14)20-2)17-11-7-5-4-6-8-11/h4-10,17H,1-3H3. The van der Waals surface area contributed by atoms with Gasteiger partial charge in [0.05, 0.1) is 32.6 Å². The van der Waals surface area contributed by atoms with Gasteiger partial charge in [0, 0.05) is 17.8 Å². The Labute approximate surface area is 123 Å². The minimum Gasteiger partial charge on any atom is -0.493 e. The Morgan fingerprint density at radius 2 is 1.57 bits per heavy atom. The number of carbonyl (C=O) groups excluding carboxylic acids is 1. The molecule has 0 aliphatic heterocycles. The third kappa shape index (κ3) is 3.25. The highest BCUT2D eigenvalue weighted by Gasteiger charge is 2.17. The first kappa shape index (κ1) is 14.7. The third-order valence-corrected chi connectivity index (χ3v) is 2.98. The van der Waals surface area contributed by atoms with Gasteiger partial charge in [-0.05, 0) is 12.1 Å². The maximum atomic E-state index is 11.9. The third-order valence-electron chi connectivity index (χ3n) is 2.98. The number of anilines is 2. The van der Waals surface area contributed by atoms with Crippen molar-refractivity contribution in [3.63, 3.8) is 0 Å². The number of methoxy groups -OCH3 is 3. The predicted molar refractivity (Wildman–Crippen MR) is 80.6 cm³/mol. The summed E-state index contributed by atoms with van der Waals surface area (Å²) in [5, 5.41) is 3.18. The van der Waals surface area contributed by atoms with Crippen LogP contribution in [0.2, 0.25) is 0 Å². The first-order chi connectivity index (χ1) is 10.2. The molecule has 2 aromatic carbocycles. The number of para-hydroxylation sites is 1. The monoisotopic (exact) mass is 287 g/mol. The van der Waals surface area contributed by atoms with Crippen molar-refractivity contribution in [1.82, 2.24) is 0 Å². The zero-order valence-corrected chi connectivity index (χ0v) is 12.2. The average Bonchev–Trinajstić information content (AvgIpc) is 2.54. The zero-order chi connectivity index (χ0) is 15.2. The smallest absolute Gasteiger partial charge is 0.340 e. The molecule has 0 atom stereocenters. The number of rotatable bonds is 5. The second-order valence-electron chi connectivity index (χ2n) is 4.24. The van der Waals surface area contributed by atoms with Crippen LogP contribution in [0.25, 0.3) is 0 Å². The molecule has 5 heteroatoms. The van der Waals surface area contributed by atoms with Crippen LogP contribution in [0.3, 0.4) is 0 Å². The molecule has 1 N–H and O–H groups in total. The van der Waals surface area contributed by atoms with Crippen molar-refractivity contribution in [2.75, 3.05) is 26.6 Å². The van der Waals surface area contributed by atoms with Gasteiger partial charge in [0.2, 0.25) is 0 Å². The highest BCUT2D eigenvalue weighted by atomic mass is 16.5. The summed E-state index contributed by atoms with van der Waals surface area (Å²) in [7, 11) is 4.40. The van der Waals surface area contributed by atoms with Crippen LogP contribution in [0.15, 0.2) is 42.5 Å². The van der Waals surface area contributed by atoms with Gasteiger partial charge in [-0.1, -0.05) is 18.2 Å². The fourth-order valence-electron chi connectivity index (χ4n) is 1.94. The molecule has 0 radical (unpaired) electrons. The van der Waals surface area contributed by atoms with Gasteiger partial charge in [-0.2, -0.15) is 0 Å². The summed E-state index contributed by atoms with van der Waals surface area (Å²) in [4.78, 5) is 11.9. The van der Waals surface area contributed by atoms with E-state index in [9.17, 15) is 4.79 Å². The van der Waals surface area contributed by atoms with Crippen molar-refractivity contribution in [3.8, 4) is 11.5 Å². The molecule has 0 saturated carbocycles. The molecule has 0 saturated heterocycles. The van der Waals surface area contributed by atoms with E-state index >= 15 is 0 Å². The molecule has 0 aliphatic carbocycles. The van der Waals surface area contributed by atoms with Gasteiger partial charge >= 0.3 is 5.97 Å². The lowest BCUT2D eigenvalue weighted by Gasteiger charge is -2.15. The zero-order valence-electron chi connectivity index (χ0n) is 12.2. The summed E-state index contributed by atoms with van der Waals surface area (Å²) in [5.74, 6) is 0.550. The van der Waals surface area contributed by atoms with Crippen molar-refractivity contribution in [2.45, 2.75) is 0 Å². The molecule has 0 amide bonds. The molecule has 21 heavy (non-hydrogen) atoms. The fourth-order valence-corrected chi connectivity index (χ4v) is 1.94. The molecular formula is C16H17NO4. The molecule has 0 spiro atoms. The summed E-state index contributed by atoms with van der Waals surface area (Å²) in [6.07, 6.45) is 0. The number of hydrogen-bond donors (Lipinski definition) is 1. The maximum Gasteiger partial charge on any atom is 0.340 e. The van der Waals surface area contributed by atoms with Gasteiger partial charge < -0.3 is 19.5 Å². The van der Waals surface area contributed by atoms with Crippen LogP contribution in [0.1, 0.15) is 10.4 Å². The summed E-state index contributed by atoms with van der Waals surface area (Å²) < 4.78 is 15.3. The molecule has 0 heterocycles. The molecule has 110 valence electrons. The molecule has 0 aromatic heterocycles. The minimum absolute atomic E-state index is 0.374. The van der Waals surface area contributed by atoms with Crippen molar-refractivity contribution in [1.29, 1.82) is 0 Å². The van der Waals surface area contributed by atoms with E-state index < -0.39 is 5.97 Å². The molecule has 0 unspecified atom stereocenters. The molecule has 0 bridgehead atoms. The normalized spacial score (nSPS) is 9.86. The van der Waals surface area contributed by atoms with E-state index in [4.69, 9.17) is 14.2 Å². The van der Waals surface area contributed by atoms with E-state index in [1.807, 2.05) is 30.3 Å². The van der Waals surface area contributed by atoms with Crippen LogP contribution < -0.4 is 14.8 Å². The number of hydrogen-bond acceptors (Lipinski definition) is 5. The summed E-state index contributed by atoms with van der Waals surface area (Å²) >= 11 is 0. The number of nitrogens with one attached hydrogen (secondary N) is 1. The van der Waals surface area contributed by atoms with Gasteiger partial charge in [0.25, 0.3) is 0 Å². The van der Waals surface area contributed by atoms with Crippen LogP contribution in [0.5, 0.6) is 11.5 Å². The Bertz CT molecular complexity index is 626. The van der Waals surface area contributed by atoms with Crippen molar-refractivity contribution in [3.05, 3.63) is 48.0 Å². The fraction of sp³-hybridized carbons (Fsp3) is 0.188. The van der Waals surface area contributed by atoms with Crippen molar-refractivity contribution in [2.24, 2.45) is 0 Å². The summed E-state index contributed by atoms with van der Waals surface area (Å²) in [6, 6.07) is 12.8. The van der Waals surface area contributed by atoms with E-state index in [2.05, 4.69) is 5.32 Å². The largest absolute Gasteiger partial charge is 0.493 e. The van der Waals surface area contributed by atoms with E-state index in [0.717, 1.165) is 5.69 Å². The van der Waals surface area contributed by atoms with Crippen LogP contribution >= 0.6 is 0 Å². The van der Waals surface area contributed by atoms with E-state index in [1.54, 1.807) is 19.2 Å². The van der Waals surface area contributed by atoms with Crippen LogP contribution in [0.4, 0.5) is 11.4 Å². The Morgan fingerprint density at radius 1 is 0.952 bits per heavy atom. The first-order valence-electron chi connectivity index (χ1n) is 6.36. The second kappa shape index (κ2) is 6.65. The lowest BCUT2D eigenvalue weighted by atomic mass is 10.1. The van der Waals surface area contributed by atoms with Crippen LogP contribution in [-0.4, -0.2) is 27.3 Å². The Morgan fingerprint density at radius 3 is 2.14 bits per heavy atom. The van der Waals surface area contributed by atoms with Gasteiger partial charge in [0.15, 0.2) is 11.5 Å². The Hall–Kier alpha value is -2.69. The second-order valence-corrected chi connectivity index (χ2v) is 4.24. The quantitative estimate of drug-likeness (QED) is 0.856. The maximum absolute atomic E-state index is 11.9. The molecule has 0 fully saturated rings. The van der Waals surface area contributed by atoms with Gasteiger partial charge in [-0.3, -0.25) is 0 Å². The lowest BCUT2D eigenvalue weighted by molar-refractivity contribution is 0.0601. The molecular weight excluding hydrogens is 270 g/mol. The van der Waals surface area contributed by atoms with Gasteiger partial charge in [-0.25, -0.2) is 4.79 Å². The summed E-state index contributed by atoms with van der Waals surface area (Å²) in [6.45, 7) is 0. The minimum atomic E-state index is -0.450. The number of carbonyl (C=O) groups is 1. The highest BCUT2D eigenvalue weighted by Crippen LogP contribution is 2.35. The van der Waals surface area contributed by atoms with Crippen molar-refractivity contribution >= 4 is 17.3 Å². The van der Waals surface area contributed by atoms with E-state index in [-0.39, 0.29) is 0 Å². The lowest BCUT2D eigenvalue weighted by Crippen LogP contribution is -2.07. The van der Waals surface area contributed by atoms with Crippen molar-refractivity contribution < 1.29 is 19.0 Å². The highest BCUT2D eigenvalue weighted by molar-refractivity contribution is 5.97. The predicted octanol–water partition coefficient (Wildman–Crippen LogP) is 3.23. The SMILES string of the molecule is COC(=O)c1cc(OC)c(OC)cc1Nc1ccccc1. The van der Waals surface area contributed by atoms with Crippen LogP contribution in [-0.2, 0) is 4.74 Å². The van der Waals surface area contributed by atoms with E-state index in [0.29, 0.717) is 22.7 Å². The van der Waals surface area contributed by atoms with Gasteiger partial charge in [-0.15, -0.1) is 0 Å². The number of esters is 1. The molecule has 2 rings (SSSR count). The molecule has 0 aliphatic rings. The Balaban J connectivity index is 2.48. The van der Waals surface area contributed by atoms with E-state index in [1.165, 1.54) is 14.2 Å².